The molecule has 1 fully saturated rings. The molecule has 2 N–H and O–H groups in total. The van der Waals surface area contributed by atoms with Gasteiger partial charge in [-0.05, 0) is 43.0 Å². The summed E-state index contributed by atoms with van der Waals surface area (Å²) in [5.41, 5.74) is 1.14. The van der Waals surface area contributed by atoms with Gasteiger partial charge in [-0.25, -0.2) is 4.79 Å². The molecule has 108 valence electrons. The lowest BCUT2D eigenvalue weighted by Crippen LogP contribution is -2.14. The molecule has 1 aliphatic rings. The van der Waals surface area contributed by atoms with E-state index in [-0.39, 0.29) is 0 Å². The lowest BCUT2D eigenvalue weighted by atomic mass is 9.86. The van der Waals surface area contributed by atoms with E-state index in [1.807, 2.05) is 13.8 Å². The molecule has 1 aliphatic carbocycles. The minimum atomic E-state index is -0.909. The van der Waals surface area contributed by atoms with E-state index in [0.29, 0.717) is 24.0 Å². The van der Waals surface area contributed by atoms with E-state index in [2.05, 4.69) is 11.8 Å². The Balaban J connectivity index is 0.000000276. The number of aromatic carboxylic acids is 1. The lowest BCUT2D eigenvalue weighted by molar-refractivity contribution is 0.0697. The van der Waals surface area contributed by atoms with Crippen LogP contribution in [0.25, 0.3) is 0 Å². The highest BCUT2D eigenvalue weighted by Crippen LogP contribution is 2.24. The number of aliphatic hydroxyl groups excluding tert-OH is 1. The van der Waals surface area contributed by atoms with Crippen molar-refractivity contribution in [2.24, 2.45) is 11.8 Å². The summed E-state index contributed by atoms with van der Waals surface area (Å²) in [5.74, 6) is 6.07. The van der Waals surface area contributed by atoms with E-state index in [4.69, 9.17) is 10.2 Å². The van der Waals surface area contributed by atoms with Gasteiger partial charge < -0.3 is 10.2 Å². The van der Waals surface area contributed by atoms with Gasteiger partial charge in [-0.1, -0.05) is 32.1 Å². The van der Waals surface area contributed by atoms with Crippen LogP contribution in [0.15, 0.2) is 24.3 Å². The Bertz CT molecular complexity index is 470. The molecule has 0 heterocycles. The third kappa shape index (κ3) is 5.90. The summed E-state index contributed by atoms with van der Waals surface area (Å²) < 4.78 is 0. The van der Waals surface area contributed by atoms with Gasteiger partial charge in [-0.15, -0.1) is 0 Å². The van der Waals surface area contributed by atoms with Crippen molar-refractivity contribution in [2.45, 2.75) is 33.1 Å². The molecule has 0 atom stereocenters. The second kappa shape index (κ2) is 8.39. The standard InChI is InChI=1S/C12H12O2.C5H10O/c1-9(2)3-4-10-5-7-11(8-6-10)12(13)14;6-4-5-2-1-3-5/h5-9H,1-2H3,(H,13,14);5-6H,1-4H2. The molecule has 0 amide bonds. The molecule has 0 saturated heterocycles. The van der Waals surface area contributed by atoms with Crippen LogP contribution >= 0.6 is 0 Å². The van der Waals surface area contributed by atoms with Crippen LogP contribution in [0.2, 0.25) is 0 Å². The molecule has 3 nitrogen and oxygen atoms in total. The first-order valence-electron chi connectivity index (χ1n) is 6.98. The third-order valence-corrected chi connectivity index (χ3v) is 3.12. The predicted molar refractivity (Wildman–Crippen MR) is 79.5 cm³/mol. The normalized spacial score (nSPS) is 13.6. The van der Waals surface area contributed by atoms with E-state index >= 15 is 0 Å². The topological polar surface area (TPSA) is 57.5 Å². The number of benzene rings is 1. The summed E-state index contributed by atoms with van der Waals surface area (Å²) >= 11 is 0. The van der Waals surface area contributed by atoms with Crippen LogP contribution in [0.4, 0.5) is 0 Å². The molecule has 2 rings (SSSR count). The highest BCUT2D eigenvalue weighted by molar-refractivity contribution is 5.87. The summed E-state index contributed by atoms with van der Waals surface area (Å²) in [6.45, 7) is 4.44. The molecule has 0 spiro atoms. The first-order valence-corrected chi connectivity index (χ1v) is 6.98. The van der Waals surface area contributed by atoms with E-state index in [1.54, 1.807) is 24.3 Å². The van der Waals surface area contributed by atoms with E-state index < -0.39 is 5.97 Å². The van der Waals surface area contributed by atoms with Crippen LogP contribution in [0.5, 0.6) is 0 Å². The number of carboxylic acids is 1. The minimum absolute atomic E-state index is 0.292. The van der Waals surface area contributed by atoms with Gasteiger partial charge in [0.1, 0.15) is 0 Å². The maximum absolute atomic E-state index is 10.5. The number of carbonyl (C=O) groups is 1. The zero-order valence-electron chi connectivity index (χ0n) is 12.1. The van der Waals surface area contributed by atoms with Crippen molar-refractivity contribution in [1.82, 2.24) is 0 Å². The summed E-state index contributed by atoms with van der Waals surface area (Å²) in [5, 5.41) is 17.0. The molecule has 3 heteroatoms. The van der Waals surface area contributed by atoms with Gasteiger partial charge in [0.15, 0.2) is 0 Å². The van der Waals surface area contributed by atoms with Crippen molar-refractivity contribution < 1.29 is 15.0 Å². The van der Waals surface area contributed by atoms with Gasteiger partial charge in [0.2, 0.25) is 0 Å². The van der Waals surface area contributed by atoms with Gasteiger partial charge in [-0.3, -0.25) is 0 Å². The highest BCUT2D eigenvalue weighted by atomic mass is 16.4. The fraction of sp³-hybridized carbons (Fsp3) is 0.471. The largest absolute Gasteiger partial charge is 0.478 e. The Kier molecular flexibility index (Phi) is 6.83. The van der Waals surface area contributed by atoms with Crippen LogP contribution in [0, 0.1) is 23.7 Å². The van der Waals surface area contributed by atoms with Crippen molar-refractivity contribution in [1.29, 1.82) is 0 Å². The van der Waals surface area contributed by atoms with Crippen LogP contribution in [-0.4, -0.2) is 22.8 Å². The summed E-state index contributed by atoms with van der Waals surface area (Å²) in [7, 11) is 0. The minimum Gasteiger partial charge on any atom is -0.478 e. The first-order chi connectivity index (χ1) is 9.52. The molecule has 1 aromatic rings. The van der Waals surface area contributed by atoms with Crippen molar-refractivity contribution >= 4 is 5.97 Å². The molecule has 0 aliphatic heterocycles. The molecule has 0 bridgehead atoms. The molecule has 1 saturated carbocycles. The van der Waals surface area contributed by atoms with Crippen molar-refractivity contribution in [3.8, 4) is 11.8 Å². The first kappa shape index (κ1) is 16.3. The van der Waals surface area contributed by atoms with Crippen LogP contribution in [0.1, 0.15) is 49.0 Å². The van der Waals surface area contributed by atoms with Gasteiger partial charge >= 0.3 is 5.97 Å². The van der Waals surface area contributed by atoms with E-state index in [1.165, 1.54) is 19.3 Å². The average Bonchev–Trinajstić information content (AvgIpc) is 2.36. The second-order valence-corrected chi connectivity index (χ2v) is 5.29. The average molecular weight is 274 g/mol. The fourth-order valence-electron chi connectivity index (χ4n) is 1.60. The zero-order valence-corrected chi connectivity index (χ0v) is 12.1. The zero-order chi connectivity index (χ0) is 15.0. The SMILES string of the molecule is CC(C)C#Cc1ccc(C(=O)O)cc1.OCC1CCC1. The van der Waals surface area contributed by atoms with Crippen molar-refractivity contribution in [3.63, 3.8) is 0 Å². The van der Waals surface area contributed by atoms with Gasteiger partial charge in [-0.2, -0.15) is 0 Å². The van der Waals surface area contributed by atoms with Crippen molar-refractivity contribution in [3.05, 3.63) is 35.4 Å². The Morgan fingerprint density at radius 3 is 2.20 bits per heavy atom. The Hall–Kier alpha value is -1.79. The Labute approximate surface area is 120 Å². The van der Waals surface area contributed by atoms with Gasteiger partial charge in [0.05, 0.1) is 5.56 Å². The third-order valence-electron chi connectivity index (χ3n) is 3.12. The summed E-state index contributed by atoms with van der Waals surface area (Å²) in [4.78, 5) is 10.5. The molecule has 0 radical (unpaired) electrons. The van der Waals surface area contributed by atoms with Crippen LogP contribution in [0.3, 0.4) is 0 Å². The number of aliphatic hydroxyl groups is 1. The number of rotatable bonds is 2. The Morgan fingerprint density at radius 2 is 1.90 bits per heavy atom. The number of hydrogen-bond acceptors (Lipinski definition) is 2. The van der Waals surface area contributed by atoms with E-state index in [0.717, 1.165) is 5.56 Å². The van der Waals surface area contributed by atoms with Crippen LogP contribution in [-0.2, 0) is 0 Å². The molecule has 0 aromatic heterocycles. The number of carboxylic acid groups (broad SMARTS) is 1. The maximum atomic E-state index is 10.5. The van der Waals surface area contributed by atoms with Gasteiger partial charge in [0.25, 0.3) is 0 Å². The van der Waals surface area contributed by atoms with Gasteiger partial charge in [0, 0.05) is 18.1 Å². The monoisotopic (exact) mass is 274 g/mol. The van der Waals surface area contributed by atoms with Crippen LogP contribution < -0.4 is 0 Å². The smallest absolute Gasteiger partial charge is 0.335 e. The lowest BCUT2D eigenvalue weighted by Gasteiger charge is -2.21. The molecular weight excluding hydrogens is 252 g/mol. The fourth-order valence-corrected chi connectivity index (χ4v) is 1.60. The quantitative estimate of drug-likeness (QED) is 0.814. The van der Waals surface area contributed by atoms with E-state index in [9.17, 15) is 4.79 Å². The molecular formula is C17H22O3. The predicted octanol–water partition coefficient (Wildman–Crippen LogP) is 3.17. The summed E-state index contributed by atoms with van der Waals surface area (Å²) in [6.07, 6.45) is 3.86. The molecule has 20 heavy (non-hydrogen) atoms. The summed E-state index contributed by atoms with van der Waals surface area (Å²) in [6, 6.07) is 6.57. The molecule has 1 aromatic carbocycles. The highest BCUT2D eigenvalue weighted by Gasteiger charge is 2.14. The molecule has 0 unspecified atom stereocenters. The Morgan fingerprint density at radius 1 is 1.30 bits per heavy atom. The second-order valence-electron chi connectivity index (χ2n) is 5.29. The number of hydrogen-bond donors (Lipinski definition) is 2. The maximum Gasteiger partial charge on any atom is 0.335 e. The van der Waals surface area contributed by atoms with Crippen molar-refractivity contribution in [2.75, 3.05) is 6.61 Å².